The Morgan fingerprint density at radius 1 is 1.42 bits per heavy atom. The molecule has 0 bridgehead atoms. The van der Waals surface area contributed by atoms with Crippen LogP contribution in [0.4, 0.5) is 0 Å². The van der Waals surface area contributed by atoms with Gasteiger partial charge in [0.1, 0.15) is 0 Å². The minimum absolute atomic E-state index is 0.231. The Morgan fingerprint density at radius 3 is 2.89 bits per heavy atom. The molecule has 5 heteroatoms. The quantitative estimate of drug-likeness (QED) is 0.933. The molecule has 100 valence electrons. The summed E-state index contributed by atoms with van der Waals surface area (Å²) in [6, 6.07) is 8.82. The Bertz CT molecular complexity index is 578. The first-order valence-corrected chi connectivity index (χ1v) is 6.45. The molecule has 0 saturated carbocycles. The van der Waals surface area contributed by atoms with Gasteiger partial charge in [0.2, 0.25) is 0 Å². The van der Waals surface area contributed by atoms with Crippen molar-refractivity contribution in [1.82, 2.24) is 10.5 Å². The first-order valence-electron chi connectivity index (χ1n) is 6.07. The largest absolute Gasteiger partial charge is 0.355 e. The maximum Gasteiger partial charge on any atom is 0.273 e. The van der Waals surface area contributed by atoms with Crippen LogP contribution < -0.4 is 5.32 Å². The van der Waals surface area contributed by atoms with Gasteiger partial charge in [-0.2, -0.15) is 0 Å². The van der Waals surface area contributed by atoms with Crippen LogP contribution in [0.15, 0.2) is 34.9 Å². The summed E-state index contributed by atoms with van der Waals surface area (Å²) in [4.78, 5) is 11.8. The predicted octanol–water partition coefficient (Wildman–Crippen LogP) is 3.38. The third-order valence-electron chi connectivity index (χ3n) is 2.52. The molecule has 2 aromatic rings. The third kappa shape index (κ3) is 3.58. The minimum atomic E-state index is -0.231. The van der Waals surface area contributed by atoms with Crippen molar-refractivity contribution in [2.24, 2.45) is 5.92 Å². The van der Waals surface area contributed by atoms with Gasteiger partial charge in [-0.25, -0.2) is 0 Å². The lowest BCUT2D eigenvalue weighted by molar-refractivity contribution is 0.0940. The first kappa shape index (κ1) is 13.6. The van der Waals surface area contributed by atoms with E-state index in [-0.39, 0.29) is 11.6 Å². The van der Waals surface area contributed by atoms with Crippen LogP contribution in [0.5, 0.6) is 0 Å². The van der Waals surface area contributed by atoms with Gasteiger partial charge in [-0.15, -0.1) is 0 Å². The summed E-state index contributed by atoms with van der Waals surface area (Å²) in [5.41, 5.74) is 1.07. The topological polar surface area (TPSA) is 55.1 Å². The summed E-state index contributed by atoms with van der Waals surface area (Å²) in [6.45, 7) is 4.67. The SMILES string of the molecule is CC(C)CNC(=O)c1cc(-c2cccc(Cl)c2)on1. The number of aromatic nitrogens is 1. The number of nitrogens with one attached hydrogen (secondary N) is 1. The fourth-order valence-corrected chi connectivity index (χ4v) is 1.74. The molecule has 0 unspecified atom stereocenters. The molecule has 1 amide bonds. The molecular weight excluding hydrogens is 264 g/mol. The van der Waals surface area contributed by atoms with Crippen LogP contribution in [-0.4, -0.2) is 17.6 Å². The van der Waals surface area contributed by atoms with Crippen molar-refractivity contribution < 1.29 is 9.32 Å². The highest BCUT2D eigenvalue weighted by atomic mass is 35.5. The number of halogens is 1. The third-order valence-corrected chi connectivity index (χ3v) is 2.76. The van der Waals surface area contributed by atoms with Crippen molar-refractivity contribution >= 4 is 17.5 Å². The molecule has 19 heavy (non-hydrogen) atoms. The van der Waals surface area contributed by atoms with E-state index in [9.17, 15) is 4.79 Å². The van der Waals surface area contributed by atoms with E-state index in [2.05, 4.69) is 10.5 Å². The Labute approximate surface area is 116 Å². The highest BCUT2D eigenvalue weighted by Crippen LogP contribution is 2.23. The van der Waals surface area contributed by atoms with E-state index in [0.29, 0.717) is 23.2 Å². The van der Waals surface area contributed by atoms with Crippen LogP contribution in [0.2, 0.25) is 5.02 Å². The van der Waals surface area contributed by atoms with Gasteiger partial charge >= 0.3 is 0 Å². The predicted molar refractivity (Wildman–Crippen MR) is 74.1 cm³/mol. The van der Waals surface area contributed by atoms with Crippen molar-refractivity contribution in [3.63, 3.8) is 0 Å². The molecule has 4 nitrogen and oxygen atoms in total. The standard InChI is InChI=1S/C14H15ClN2O2/c1-9(2)8-16-14(18)12-7-13(19-17-12)10-4-3-5-11(15)6-10/h3-7,9H,8H2,1-2H3,(H,16,18). The molecular formula is C14H15ClN2O2. The van der Waals surface area contributed by atoms with E-state index in [1.807, 2.05) is 26.0 Å². The molecule has 0 spiro atoms. The van der Waals surface area contributed by atoms with Gasteiger partial charge in [-0.3, -0.25) is 4.79 Å². The number of nitrogens with zero attached hydrogens (tertiary/aromatic N) is 1. The zero-order chi connectivity index (χ0) is 13.8. The molecule has 0 aliphatic carbocycles. The minimum Gasteiger partial charge on any atom is -0.355 e. The number of rotatable bonds is 4. The second-order valence-electron chi connectivity index (χ2n) is 4.69. The molecule has 2 rings (SSSR count). The van der Waals surface area contributed by atoms with Crippen molar-refractivity contribution in [2.75, 3.05) is 6.54 Å². The number of carbonyl (C=O) groups excluding carboxylic acids is 1. The molecule has 0 saturated heterocycles. The highest BCUT2D eigenvalue weighted by molar-refractivity contribution is 6.30. The molecule has 0 radical (unpaired) electrons. The maximum absolute atomic E-state index is 11.8. The van der Waals surface area contributed by atoms with E-state index in [0.717, 1.165) is 5.56 Å². The molecule has 0 atom stereocenters. The van der Waals surface area contributed by atoms with E-state index >= 15 is 0 Å². The van der Waals surface area contributed by atoms with Crippen molar-refractivity contribution in [3.05, 3.63) is 41.0 Å². The van der Waals surface area contributed by atoms with E-state index in [1.165, 1.54) is 0 Å². The van der Waals surface area contributed by atoms with Gasteiger partial charge in [0.05, 0.1) is 0 Å². The van der Waals surface area contributed by atoms with E-state index in [4.69, 9.17) is 16.1 Å². The second kappa shape index (κ2) is 5.89. The maximum atomic E-state index is 11.8. The van der Waals surface area contributed by atoms with Gasteiger partial charge in [-0.1, -0.05) is 42.7 Å². The summed E-state index contributed by atoms with van der Waals surface area (Å²) >= 11 is 5.91. The average molecular weight is 279 g/mol. The number of carbonyl (C=O) groups is 1. The van der Waals surface area contributed by atoms with Crippen LogP contribution in [0.25, 0.3) is 11.3 Å². The average Bonchev–Trinajstić information content (AvgIpc) is 2.85. The summed E-state index contributed by atoms with van der Waals surface area (Å²) in [5, 5.41) is 7.17. The second-order valence-corrected chi connectivity index (χ2v) is 5.13. The zero-order valence-electron chi connectivity index (χ0n) is 10.8. The van der Waals surface area contributed by atoms with Crippen molar-refractivity contribution in [1.29, 1.82) is 0 Å². The Balaban J connectivity index is 2.13. The number of hydrogen-bond donors (Lipinski definition) is 1. The molecule has 0 fully saturated rings. The van der Waals surface area contributed by atoms with Gasteiger partial charge in [0.15, 0.2) is 11.5 Å². The van der Waals surface area contributed by atoms with Crippen LogP contribution >= 0.6 is 11.6 Å². The smallest absolute Gasteiger partial charge is 0.273 e. The lowest BCUT2D eigenvalue weighted by Crippen LogP contribution is -2.27. The molecule has 1 heterocycles. The molecule has 0 aliphatic rings. The first-order chi connectivity index (χ1) is 9.06. The molecule has 1 aromatic heterocycles. The van der Waals surface area contributed by atoms with Crippen LogP contribution in [0, 0.1) is 5.92 Å². The van der Waals surface area contributed by atoms with Crippen molar-refractivity contribution in [3.8, 4) is 11.3 Å². The lowest BCUT2D eigenvalue weighted by Gasteiger charge is -2.04. The van der Waals surface area contributed by atoms with Gasteiger partial charge < -0.3 is 9.84 Å². The van der Waals surface area contributed by atoms with Crippen LogP contribution in [0.1, 0.15) is 24.3 Å². The Kier molecular flexibility index (Phi) is 4.22. The van der Waals surface area contributed by atoms with Crippen LogP contribution in [-0.2, 0) is 0 Å². The number of hydrogen-bond acceptors (Lipinski definition) is 3. The number of amides is 1. The summed E-state index contributed by atoms with van der Waals surface area (Å²) in [5.74, 6) is 0.686. The summed E-state index contributed by atoms with van der Waals surface area (Å²) < 4.78 is 5.16. The lowest BCUT2D eigenvalue weighted by atomic mass is 10.1. The Morgan fingerprint density at radius 2 is 2.21 bits per heavy atom. The number of benzene rings is 1. The molecule has 1 N–H and O–H groups in total. The zero-order valence-corrected chi connectivity index (χ0v) is 11.6. The van der Waals surface area contributed by atoms with Gasteiger partial charge in [0.25, 0.3) is 5.91 Å². The van der Waals surface area contributed by atoms with Crippen LogP contribution in [0.3, 0.4) is 0 Å². The monoisotopic (exact) mass is 278 g/mol. The normalized spacial score (nSPS) is 10.7. The Hall–Kier alpha value is -1.81. The molecule has 1 aromatic carbocycles. The fraction of sp³-hybridized carbons (Fsp3) is 0.286. The fourth-order valence-electron chi connectivity index (χ4n) is 1.55. The van der Waals surface area contributed by atoms with Gasteiger partial charge in [-0.05, 0) is 18.1 Å². The van der Waals surface area contributed by atoms with Crippen molar-refractivity contribution in [2.45, 2.75) is 13.8 Å². The van der Waals surface area contributed by atoms with E-state index in [1.54, 1.807) is 18.2 Å². The molecule has 0 aliphatic heterocycles. The van der Waals surface area contributed by atoms with Gasteiger partial charge in [0, 0.05) is 23.2 Å². The highest BCUT2D eigenvalue weighted by Gasteiger charge is 2.13. The summed E-state index contributed by atoms with van der Waals surface area (Å²) in [6.07, 6.45) is 0. The van der Waals surface area contributed by atoms with E-state index < -0.39 is 0 Å². The summed E-state index contributed by atoms with van der Waals surface area (Å²) in [7, 11) is 0.